The van der Waals surface area contributed by atoms with Crippen LogP contribution in [0.5, 0.6) is 0 Å². The van der Waals surface area contributed by atoms with Gasteiger partial charge in [0.05, 0.1) is 5.88 Å². The maximum Gasteiger partial charge on any atom is 0.327 e. The Morgan fingerprint density at radius 3 is 2.62 bits per heavy atom. The monoisotopic (exact) mass is 312 g/mol. The molecule has 2 amide bonds. The van der Waals surface area contributed by atoms with Gasteiger partial charge in [-0.2, -0.15) is 0 Å². The Bertz CT molecular complexity index is 477. The van der Waals surface area contributed by atoms with Crippen LogP contribution in [0.2, 0.25) is 0 Å². The molecular weight excluding hydrogens is 288 g/mol. The number of urea groups is 1. The molecular formula is C15H24N2O3S. The number of rotatable bonds is 2. The number of fused-ring (bicyclic) bond motifs is 2. The summed E-state index contributed by atoms with van der Waals surface area (Å²) in [4.78, 5) is 25.3. The molecule has 6 heteroatoms. The van der Waals surface area contributed by atoms with Crippen molar-refractivity contribution in [3.8, 4) is 0 Å². The second-order valence-electron chi connectivity index (χ2n) is 7.62. The summed E-state index contributed by atoms with van der Waals surface area (Å²) in [5.74, 6) is 0.705. The number of carboxylic acid groups (broad SMARTS) is 1. The number of amides is 2. The highest BCUT2D eigenvalue weighted by molar-refractivity contribution is 7.99. The van der Waals surface area contributed by atoms with Crippen molar-refractivity contribution in [1.82, 2.24) is 10.2 Å². The van der Waals surface area contributed by atoms with E-state index in [1.807, 2.05) is 0 Å². The summed E-state index contributed by atoms with van der Waals surface area (Å²) < 4.78 is 0. The Kier molecular flexibility index (Phi) is 3.43. The first-order chi connectivity index (χ1) is 9.75. The molecule has 21 heavy (non-hydrogen) atoms. The van der Waals surface area contributed by atoms with Gasteiger partial charge in [-0.15, -0.1) is 11.8 Å². The number of nitrogens with one attached hydrogen (secondary N) is 1. The highest BCUT2D eigenvalue weighted by atomic mass is 32.2. The van der Waals surface area contributed by atoms with Crippen LogP contribution in [-0.4, -0.2) is 45.7 Å². The summed E-state index contributed by atoms with van der Waals surface area (Å²) in [5.41, 5.74) is 0.254. The third-order valence-corrected chi connectivity index (χ3v) is 6.98. The van der Waals surface area contributed by atoms with Crippen LogP contribution >= 0.6 is 11.8 Å². The molecule has 3 aliphatic rings. The third-order valence-electron chi connectivity index (χ3n) is 5.97. The minimum absolute atomic E-state index is 0.0915. The van der Waals surface area contributed by atoms with E-state index in [2.05, 4.69) is 26.1 Å². The Morgan fingerprint density at radius 2 is 2.05 bits per heavy atom. The SMILES string of the molecule is CC12CCC(C1)C(C)(C)C2NC(=O)N1CSC[C@H]1C(=O)O. The van der Waals surface area contributed by atoms with Crippen molar-refractivity contribution < 1.29 is 14.7 Å². The van der Waals surface area contributed by atoms with Crippen molar-refractivity contribution in [2.75, 3.05) is 11.6 Å². The van der Waals surface area contributed by atoms with Crippen molar-refractivity contribution in [3.63, 3.8) is 0 Å². The second-order valence-corrected chi connectivity index (χ2v) is 8.62. The summed E-state index contributed by atoms with van der Waals surface area (Å²) in [7, 11) is 0. The van der Waals surface area contributed by atoms with Crippen LogP contribution in [0.4, 0.5) is 4.79 Å². The molecule has 0 aromatic heterocycles. The summed E-state index contributed by atoms with van der Waals surface area (Å²) in [6.45, 7) is 6.74. The van der Waals surface area contributed by atoms with E-state index in [-0.39, 0.29) is 22.9 Å². The number of hydrogen-bond donors (Lipinski definition) is 2. The van der Waals surface area contributed by atoms with Gasteiger partial charge in [0.25, 0.3) is 0 Å². The number of nitrogens with zero attached hydrogens (tertiary/aromatic N) is 1. The number of carbonyl (C=O) groups is 2. The van der Waals surface area contributed by atoms with Crippen molar-refractivity contribution in [2.45, 2.75) is 52.1 Å². The lowest BCUT2D eigenvalue weighted by Crippen LogP contribution is -2.57. The summed E-state index contributed by atoms with van der Waals surface area (Å²) in [5, 5.41) is 12.4. The van der Waals surface area contributed by atoms with Gasteiger partial charge >= 0.3 is 12.0 Å². The molecule has 1 heterocycles. The van der Waals surface area contributed by atoms with E-state index in [1.165, 1.54) is 29.5 Å². The summed E-state index contributed by atoms with van der Waals surface area (Å²) in [6.07, 6.45) is 3.57. The quantitative estimate of drug-likeness (QED) is 0.821. The zero-order valence-electron chi connectivity index (χ0n) is 12.9. The molecule has 2 aliphatic carbocycles. The molecule has 4 atom stereocenters. The van der Waals surface area contributed by atoms with Crippen molar-refractivity contribution in [3.05, 3.63) is 0 Å². The Balaban J connectivity index is 1.74. The predicted octanol–water partition coefficient (Wildman–Crippen LogP) is 2.37. The number of hydrogen-bond acceptors (Lipinski definition) is 3. The van der Waals surface area contributed by atoms with Crippen molar-refractivity contribution in [1.29, 1.82) is 0 Å². The standard InChI is InChI=1S/C15H24N2O3S/c1-14(2)9-4-5-15(3,6-9)12(14)16-13(20)17-8-21-7-10(17)11(18)19/h9-10,12H,4-8H2,1-3H3,(H,16,20)(H,18,19)/t9?,10-,12?,15?/m0/s1. The maximum absolute atomic E-state index is 12.6. The molecule has 0 aromatic carbocycles. The fourth-order valence-electron chi connectivity index (χ4n) is 4.72. The molecule has 5 nitrogen and oxygen atoms in total. The first-order valence-corrected chi connectivity index (χ1v) is 8.79. The largest absolute Gasteiger partial charge is 0.480 e. The Morgan fingerprint density at radius 1 is 1.33 bits per heavy atom. The van der Waals surface area contributed by atoms with Gasteiger partial charge in [-0.05, 0) is 36.0 Å². The molecule has 1 aliphatic heterocycles. The first kappa shape index (κ1) is 15.0. The Hall–Kier alpha value is -0.910. The van der Waals surface area contributed by atoms with Crippen LogP contribution < -0.4 is 5.32 Å². The fourth-order valence-corrected chi connectivity index (χ4v) is 5.86. The molecule has 0 aromatic rings. The van der Waals surface area contributed by atoms with Gasteiger partial charge in [0.15, 0.2) is 0 Å². The lowest BCUT2D eigenvalue weighted by molar-refractivity contribution is -0.140. The molecule has 3 fully saturated rings. The van der Waals surface area contributed by atoms with E-state index in [1.54, 1.807) is 0 Å². The maximum atomic E-state index is 12.6. The average Bonchev–Trinajstić information content (AvgIpc) is 3.04. The van der Waals surface area contributed by atoms with Gasteiger partial charge in [-0.25, -0.2) is 9.59 Å². The minimum Gasteiger partial charge on any atom is -0.480 e. The topological polar surface area (TPSA) is 69.6 Å². The highest BCUT2D eigenvalue weighted by Gasteiger charge is 2.60. The highest BCUT2D eigenvalue weighted by Crippen LogP contribution is 2.62. The molecule has 3 rings (SSSR count). The number of carboxylic acids is 1. The van der Waals surface area contributed by atoms with Gasteiger partial charge in [0, 0.05) is 11.8 Å². The predicted molar refractivity (Wildman–Crippen MR) is 82.1 cm³/mol. The average molecular weight is 312 g/mol. The van der Waals surface area contributed by atoms with E-state index >= 15 is 0 Å². The zero-order valence-corrected chi connectivity index (χ0v) is 13.7. The molecule has 2 saturated carbocycles. The van der Waals surface area contributed by atoms with Crippen LogP contribution in [0.25, 0.3) is 0 Å². The summed E-state index contributed by atoms with van der Waals surface area (Å²) in [6, 6.07) is -0.764. The van der Waals surface area contributed by atoms with Gasteiger partial charge in [0.2, 0.25) is 0 Å². The molecule has 1 saturated heterocycles. The van der Waals surface area contributed by atoms with Crippen LogP contribution in [-0.2, 0) is 4.79 Å². The van der Waals surface area contributed by atoms with E-state index in [4.69, 9.17) is 0 Å². The zero-order chi connectivity index (χ0) is 15.4. The summed E-state index contributed by atoms with van der Waals surface area (Å²) >= 11 is 1.50. The van der Waals surface area contributed by atoms with Gasteiger partial charge in [-0.3, -0.25) is 0 Å². The normalized spacial score (nSPS) is 40.5. The van der Waals surface area contributed by atoms with E-state index in [9.17, 15) is 14.7 Å². The second kappa shape index (κ2) is 4.80. The number of carbonyl (C=O) groups excluding carboxylic acids is 1. The molecule has 118 valence electrons. The lowest BCUT2D eigenvalue weighted by atomic mass is 9.68. The minimum atomic E-state index is -0.909. The van der Waals surface area contributed by atoms with Gasteiger partial charge < -0.3 is 15.3 Å². The molecule has 0 spiro atoms. The van der Waals surface area contributed by atoms with E-state index < -0.39 is 12.0 Å². The van der Waals surface area contributed by atoms with Crippen LogP contribution in [0.3, 0.4) is 0 Å². The third kappa shape index (κ3) is 2.22. The van der Waals surface area contributed by atoms with Crippen LogP contribution in [0.1, 0.15) is 40.0 Å². The van der Waals surface area contributed by atoms with Crippen molar-refractivity contribution in [2.24, 2.45) is 16.7 Å². The lowest BCUT2D eigenvalue weighted by Gasteiger charge is -2.43. The van der Waals surface area contributed by atoms with Crippen molar-refractivity contribution >= 4 is 23.8 Å². The number of aliphatic carboxylic acids is 1. The van der Waals surface area contributed by atoms with E-state index in [0.29, 0.717) is 17.5 Å². The fraction of sp³-hybridized carbons (Fsp3) is 0.867. The smallest absolute Gasteiger partial charge is 0.327 e. The molecule has 2 N–H and O–H groups in total. The van der Waals surface area contributed by atoms with Crippen LogP contribution in [0, 0.1) is 16.7 Å². The van der Waals surface area contributed by atoms with Gasteiger partial charge in [-0.1, -0.05) is 20.8 Å². The van der Waals surface area contributed by atoms with Crippen LogP contribution in [0.15, 0.2) is 0 Å². The number of thioether (sulfide) groups is 1. The first-order valence-electron chi connectivity index (χ1n) is 7.63. The molecule has 0 radical (unpaired) electrons. The molecule has 3 unspecified atom stereocenters. The Labute approximate surface area is 129 Å². The molecule has 2 bridgehead atoms. The van der Waals surface area contributed by atoms with Gasteiger partial charge in [0.1, 0.15) is 6.04 Å². The van der Waals surface area contributed by atoms with E-state index in [0.717, 1.165) is 6.42 Å².